The molecular weight excluding hydrogens is 426 g/mol. The molecule has 2 aromatic heterocycles. The minimum Gasteiger partial charge on any atom is -0.353 e. The third kappa shape index (κ3) is 4.07. The Labute approximate surface area is 190 Å². The molecule has 0 spiro atoms. The molecule has 4 aromatic rings. The van der Waals surface area contributed by atoms with Crippen LogP contribution in [0.25, 0.3) is 22.8 Å². The van der Waals surface area contributed by atoms with E-state index < -0.39 is 0 Å². The number of nitrogens with zero attached hydrogens (tertiary/aromatic N) is 5. The fourth-order valence-electron chi connectivity index (χ4n) is 3.75. The van der Waals surface area contributed by atoms with Gasteiger partial charge in [0.15, 0.2) is 0 Å². The number of hydrogen-bond donors (Lipinski definition) is 0. The number of rotatable bonds is 4. The van der Waals surface area contributed by atoms with Crippen LogP contribution in [0.15, 0.2) is 77.4 Å². The Bertz CT molecular complexity index is 1220. The molecule has 0 aliphatic carbocycles. The standard InChI is InChI=1S/C24H20ClN5O2/c25-18-10-8-17(9-11-18)22-27-23(32-28-22)19-5-1-2-6-20(19)24(31)30-15-13-29(14-16-30)21-7-3-4-12-26-21/h1-12H,13-16H2. The first-order valence-electron chi connectivity index (χ1n) is 10.3. The maximum absolute atomic E-state index is 13.3. The van der Waals surface area contributed by atoms with E-state index in [1.165, 1.54) is 0 Å². The van der Waals surface area contributed by atoms with Crippen LogP contribution in [0.4, 0.5) is 5.82 Å². The third-order valence-corrected chi connectivity index (χ3v) is 5.71. The van der Waals surface area contributed by atoms with Crippen molar-refractivity contribution < 1.29 is 9.32 Å². The Kier molecular flexibility index (Phi) is 5.56. The summed E-state index contributed by atoms with van der Waals surface area (Å²) < 4.78 is 5.51. The molecule has 1 aliphatic rings. The lowest BCUT2D eigenvalue weighted by molar-refractivity contribution is 0.0747. The number of anilines is 1. The summed E-state index contributed by atoms with van der Waals surface area (Å²) >= 11 is 5.96. The Morgan fingerprint density at radius 1 is 0.906 bits per heavy atom. The molecule has 3 heterocycles. The minimum atomic E-state index is -0.0486. The van der Waals surface area contributed by atoms with E-state index in [-0.39, 0.29) is 5.91 Å². The maximum Gasteiger partial charge on any atom is 0.259 e. The molecule has 0 N–H and O–H groups in total. The molecule has 1 aliphatic heterocycles. The normalized spacial score (nSPS) is 13.9. The number of benzene rings is 2. The average Bonchev–Trinajstić information content (AvgIpc) is 3.35. The SMILES string of the molecule is O=C(c1ccccc1-c1nc(-c2ccc(Cl)cc2)no1)N1CCN(c2ccccn2)CC1. The van der Waals surface area contributed by atoms with E-state index in [2.05, 4.69) is 20.0 Å². The molecule has 0 saturated carbocycles. The Morgan fingerprint density at radius 3 is 2.41 bits per heavy atom. The zero-order valence-electron chi connectivity index (χ0n) is 17.2. The molecule has 1 saturated heterocycles. The van der Waals surface area contributed by atoms with Crippen molar-refractivity contribution in [3.05, 3.63) is 83.5 Å². The second kappa shape index (κ2) is 8.80. The number of amides is 1. The molecule has 0 bridgehead atoms. The molecule has 2 aromatic carbocycles. The van der Waals surface area contributed by atoms with Gasteiger partial charge in [-0.05, 0) is 48.5 Å². The summed E-state index contributed by atoms with van der Waals surface area (Å²) in [5.74, 6) is 1.64. The predicted molar refractivity (Wildman–Crippen MR) is 123 cm³/mol. The Morgan fingerprint density at radius 2 is 1.66 bits per heavy atom. The van der Waals surface area contributed by atoms with E-state index in [9.17, 15) is 4.79 Å². The van der Waals surface area contributed by atoms with Crippen molar-refractivity contribution in [2.24, 2.45) is 0 Å². The lowest BCUT2D eigenvalue weighted by atomic mass is 10.1. The van der Waals surface area contributed by atoms with Gasteiger partial charge in [0.1, 0.15) is 5.82 Å². The van der Waals surface area contributed by atoms with Gasteiger partial charge in [-0.15, -0.1) is 0 Å². The number of aromatic nitrogens is 3. The summed E-state index contributed by atoms with van der Waals surface area (Å²) in [6, 6.07) is 20.4. The number of carbonyl (C=O) groups excluding carboxylic acids is 1. The largest absolute Gasteiger partial charge is 0.353 e. The molecule has 160 valence electrons. The van der Waals surface area contributed by atoms with Crippen molar-refractivity contribution in [3.63, 3.8) is 0 Å². The van der Waals surface area contributed by atoms with Gasteiger partial charge in [0.2, 0.25) is 5.82 Å². The Balaban J connectivity index is 1.35. The van der Waals surface area contributed by atoms with Gasteiger partial charge in [0.05, 0.1) is 11.1 Å². The van der Waals surface area contributed by atoms with Crippen LogP contribution < -0.4 is 4.90 Å². The molecule has 0 atom stereocenters. The fourth-order valence-corrected chi connectivity index (χ4v) is 3.88. The van der Waals surface area contributed by atoms with Gasteiger partial charge in [-0.3, -0.25) is 4.79 Å². The molecule has 32 heavy (non-hydrogen) atoms. The maximum atomic E-state index is 13.3. The fraction of sp³-hybridized carbons (Fsp3) is 0.167. The highest BCUT2D eigenvalue weighted by Crippen LogP contribution is 2.27. The van der Waals surface area contributed by atoms with Crippen LogP contribution in [0.3, 0.4) is 0 Å². The van der Waals surface area contributed by atoms with Crippen molar-refractivity contribution in [1.82, 2.24) is 20.0 Å². The topological polar surface area (TPSA) is 75.4 Å². The highest BCUT2D eigenvalue weighted by Gasteiger charge is 2.26. The summed E-state index contributed by atoms with van der Waals surface area (Å²) in [5, 5.41) is 4.72. The number of carbonyl (C=O) groups is 1. The molecule has 0 unspecified atom stereocenters. The first-order chi connectivity index (χ1) is 15.7. The van der Waals surface area contributed by atoms with Crippen LogP contribution in [-0.4, -0.2) is 52.1 Å². The molecule has 1 fully saturated rings. The quantitative estimate of drug-likeness (QED) is 0.463. The zero-order valence-corrected chi connectivity index (χ0v) is 17.9. The van der Waals surface area contributed by atoms with Crippen LogP contribution in [0.1, 0.15) is 10.4 Å². The number of hydrogen-bond acceptors (Lipinski definition) is 6. The van der Waals surface area contributed by atoms with Crippen LogP contribution in [0.5, 0.6) is 0 Å². The van der Waals surface area contributed by atoms with Crippen molar-refractivity contribution >= 4 is 23.3 Å². The van der Waals surface area contributed by atoms with E-state index in [0.29, 0.717) is 41.0 Å². The van der Waals surface area contributed by atoms with Gasteiger partial charge in [-0.2, -0.15) is 4.98 Å². The number of piperazine rings is 1. The van der Waals surface area contributed by atoms with Gasteiger partial charge in [0.25, 0.3) is 11.8 Å². The number of halogens is 1. The van der Waals surface area contributed by atoms with Crippen LogP contribution in [-0.2, 0) is 0 Å². The molecular formula is C24H20ClN5O2. The van der Waals surface area contributed by atoms with Gasteiger partial charge in [-0.1, -0.05) is 35.0 Å². The first kappa shape index (κ1) is 20.2. The second-order valence-corrected chi connectivity index (χ2v) is 7.88. The lowest BCUT2D eigenvalue weighted by Crippen LogP contribution is -2.49. The van der Waals surface area contributed by atoms with Gasteiger partial charge in [-0.25, -0.2) is 4.98 Å². The molecule has 1 amide bonds. The summed E-state index contributed by atoms with van der Waals surface area (Å²) in [7, 11) is 0. The van der Waals surface area contributed by atoms with Gasteiger partial charge < -0.3 is 14.3 Å². The smallest absolute Gasteiger partial charge is 0.259 e. The second-order valence-electron chi connectivity index (χ2n) is 7.44. The van der Waals surface area contributed by atoms with E-state index in [1.54, 1.807) is 24.4 Å². The molecule has 5 rings (SSSR count). The van der Waals surface area contributed by atoms with Crippen molar-refractivity contribution in [3.8, 4) is 22.8 Å². The molecule has 7 nitrogen and oxygen atoms in total. The highest BCUT2D eigenvalue weighted by molar-refractivity contribution is 6.30. The van der Waals surface area contributed by atoms with Crippen LogP contribution in [0.2, 0.25) is 5.02 Å². The number of pyridine rings is 1. The van der Waals surface area contributed by atoms with E-state index in [4.69, 9.17) is 16.1 Å². The summed E-state index contributed by atoms with van der Waals surface area (Å²) in [6.07, 6.45) is 1.78. The molecule has 0 radical (unpaired) electrons. The third-order valence-electron chi connectivity index (χ3n) is 5.46. The van der Waals surface area contributed by atoms with Crippen molar-refractivity contribution in [2.45, 2.75) is 0 Å². The summed E-state index contributed by atoms with van der Waals surface area (Å²) in [4.78, 5) is 26.3. The van der Waals surface area contributed by atoms with E-state index in [0.717, 1.165) is 24.5 Å². The average molecular weight is 446 g/mol. The van der Waals surface area contributed by atoms with Crippen molar-refractivity contribution in [2.75, 3.05) is 31.1 Å². The highest BCUT2D eigenvalue weighted by atomic mass is 35.5. The predicted octanol–water partition coefficient (Wildman–Crippen LogP) is 4.41. The van der Waals surface area contributed by atoms with Crippen molar-refractivity contribution in [1.29, 1.82) is 0 Å². The summed E-state index contributed by atoms with van der Waals surface area (Å²) in [5.41, 5.74) is 1.96. The van der Waals surface area contributed by atoms with Crippen LogP contribution >= 0.6 is 11.6 Å². The van der Waals surface area contributed by atoms with E-state index >= 15 is 0 Å². The van der Waals surface area contributed by atoms with Gasteiger partial charge >= 0.3 is 0 Å². The monoisotopic (exact) mass is 445 g/mol. The molecule has 8 heteroatoms. The summed E-state index contributed by atoms with van der Waals surface area (Å²) in [6.45, 7) is 2.69. The minimum absolute atomic E-state index is 0.0486. The zero-order chi connectivity index (χ0) is 21.9. The Hall–Kier alpha value is -3.71. The van der Waals surface area contributed by atoms with E-state index in [1.807, 2.05) is 53.4 Å². The van der Waals surface area contributed by atoms with Gasteiger partial charge in [0, 0.05) is 43.0 Å². The first-order valence-corrected chi connectivity index (χ1v) is 10.7. The van der Waals surface area contributed by atoms with Crippen LogP contribution in [0, 0.1) is 0 Å². The lowest BCUT2D eigenvalue weighted by Gasteiger charge is -2.35.